The number of aromatic nitrogens is 4. The molecule has 1 atom stereocenters. The van der Waals surface area contributed by atoms with Crippen LogP contribution in [0.2, 0.25) is 5.02 Å². The molecular weight excluding hydrogens is 480 g/mol. The molecule has 1 saturated heterocycles. The smallest absolute Gasteiger partial charge is 0.318 e. The van der Waals surface area contributed by atoms with Crippen LogP contribution in [-0.4, -0.2) is 56.5 Å². The van der Waals surface area contributed by atoms with E-state index >= 15 is 0 Å². The monoisotopic (exact) mass is 506 g/mol. The Hall–Kier alpha value is -3.68. The van der Waals surface area contributed by atoms with Crippen molar-refractivity contribution in [2.24, 2.45) is 7.05 Å². The van der Waals surface area contributed by atoms with Crippen molar-refractivity contribution in [1.29, 1.82) is 5.26 Å². The Morgan fingerprint density at radius 1 is 1.28 bits per heavy atom. The van der Waals surface area contributed by atoms with E-state index in [1.165, 1.54) is 0 Å². The van der Waals surface area contributed by atoms with Gasteiger partial charge < -0.3 is 20.3 Å². The topological polar surface area (TPSA) is 121 Å². The van der Waals surface area contributed by atoms with E-state index in [0.717, 1.165) is 48.4 Å². The third-order valence-electron chi connectivity index (χ3n) is 6.56. The number of aryl methyl sites for hydroxylation is 1. The van der Waals surface area contributed by atoms with E-state index in [1.807, 2.05) is 19.4 Å². The second-order valence-electron chi connectivity index (χ2n) is 9.05. The molecule has 10 nitrogen and oxygen atoms in total. The Balaban J connectivity index is 1.33. The van der Waals surface area contributed by atoms with Crippen molar-refractivity contribution in [3.8, 4) is 6.07 Å². The van der Waals surface area contributed by atoms with E-state index < -0.39 is 6.04 Å². The molecule has 0 spiro atoms. The summed E-state index contributed by atoms with van der Waals surface area (Å²) in [4.78, 5) is 24.4. The van der Waals surface area contributed by atoms with Gasteiger partial charge in [0, 0.05) is 50.8 Å². The Morgan fingerprint density at radius 3 is 2.83 bits per heavy atom. The van der Waals surface area contributed by atoms with Crippen LogP contribution in [0.4, 0.5) is 10.7 Å². The summed E-state index contributed by atoms with van der Waals surface area (Å²) in [5, 5.41) is 20.4. The number of hydrogen-bond donors (Lipinski definition) is 2. The molecule has 186 valence electrons. The first-order chi connectivity index (χ1) is 17.5. The van der Waals surface area contributed by atoms with Crippen molar-refractivity contribution in [1.82, 2.24) is 30.0 Å². The van der Waals surface area contributed by atoms with Crippen LogP contribution in [0.5, 0.6) is 0 Å². The molecule has 2 aromatic heterocycles. The molecule has 5 rings (SSSR count). The van der Waals surface area contributed by atoms with E-state index in [2.05, 4.69) is 26.8 Å². The summed E-state index contributed by atoms with van der Waals surface area (Å²) >= 11 is 6.30. The first-order valence-corrected chi connectivity index (χ1v) is 12.3. The molecule has 0 unspecified atom stereocenters. The number of carbonyl (C=O) groups excluding carboxylic acids is 1. The zero-order valence-electron chi connectivity index (χ0n) is 19.9. The molecule has 4 heterocycles. The zero-order chi connectivity index (χ0) is 25.1. The van der Waals surface area contributed by atoms with E-state index in [9.17, 15) is 10.1 Å². The Morgan fingerprint density at radius 2 is 2.11 bits per heavy atom. The maximum absolute atomic E-state index is 13.4. The van der Waals surface area contributed by atoms with Gasteiger partial charge in [0.1, 0.15) is 6.07 Å². The lowest BCUT2D eigenvalue weighted by molar-refractivity contribution is 0.0903. The third kappa shape index (κ3) is 5.27. The van der Waals surface area contributed by atoms with Crippen LogP contribution < -0.4 is 10.6 Å². The number of halogens is 1. The maximum Gasteiger partial charge on any atom is 0.318 e. The minimum atomic E-state index is -0.478. The SMILES string of the molecule is Cn1cc([C@H](NC(=O)N2CCc3cnc(NC4CCOCC4)nc3C2)c2ccc(C#N)c(Cl)c2)cn1. The molecule has 11 heteroatoms. The number of fused-ring (bicyclic) bond motifs is 1. The van der Waals surface area contributed by atoms with Crippen LogP contribution in [0.15, 0.2) is 36.8 Å². The molecule has 1 fully saturated rings. The van der Waals surface area contributed by atoms with Crippen LogP contribution >= 0.6 is 11.6 Å². The average molecular weight is 507 g/mol. The molecule has 3 aromatic rings. The fourth-order valence-electron chi connectivity index (χ4n) is 4.54. The summed E-state index contributed by atoms with van der Waals surface area (Å²) in [5.74, 6) is 0.586. The Kier molecular flexibility index (Phi) is 7.02. The molecule has 2 aliphatic heterocycles. The normalized spacial score (nSPS) is 16.6. The number of ether oxygens (including phenoxy) is 1. The van der Waals surface area contributed by atoms with Crippen molar-refractivity contribution >= 4 is 23.6 Å². The number of anilines is 1. The summed E-state index contributed by atoms with van der Waals surface area (Å²) in [6, 6.07) is 6.84. The minimum absolute atomic E-state index is 0.215. The van der Waals surface area contributed by atoms with Gasteiger partial charge >= 0.3 is 6.03 Å². The second kappa shape index (κ2) is 10.5. The van der Waals surface area contributed by atoms with Crippen LogP contribution in [0.1, 0.15) is 46.8 Å². The van der Waals surface area contributed by atoms with Crippen molar-refractivity contribution in [3.05, 3.63) is 69.8 Å². The molecule has 0 radical (unpaired) electrons. The average Bonchev–Trinajstić information content (AvgIpc) is 3.33. The molecule has 36 heavy (non-hydrogen) atoms. The van der Waals surface area contributed by atoms with Crippen LogP contribution in [0, 0.1) is 11.3 Å². The highest BCUT2D eigenvalue weighted by molar-refractivity contribution is 6.31. The number of amides is 2. The van der Waals surface area contributed by atoms with Gasteiger partial charge in [-0.05, 0) is 42.5 Å². The molecule has 1 aromatic carbocycles. The summed E-state index contributed by atoms with van der Waals surface area (Å²) in [7, 11) is 1.82. The standard InChI is InChI=1S/C25H27ClN8O2/c1-33-14-19(13-29-33)23(16-2-3-17(11-27)21(26)10-16)32-25(35)34-7-4-18-12-28-24(31-22(18)15-34)30-20-5-8-36-9-6-20/h2-3,10,12-14,20,23H,4-9,15H2,1H3,(H,32,35)(H,28,30,31)/t23-/m1/s1. The fraction of sp³-hybridized carbons (Fsp3) is 0.400. The number of carbonyl (C=O) groups is 1. The van der Waals surface area contributed by atoms with E-state index in [4.69, 9.17) is 21.3 Å². The summed E-state index contributed by atoms with van der Waals surface area (Å²) in [6.45, 7) is 2.42. The number of benzene rings is 1. The van der Waals surface area contributed by atoms with Gasteiger partial charge in [0.2, 0.25) is 5.95 Å². The first-order valence-electron chi connectivity index (χ1n) is 11.9. The van der Waals surface area contributed by atoms with Gasteiger partial charge in [-0.15, -0.1) is 0 Å². The molecule has 2 aliphatic rings. The molecular formula is C25H27ClN8O2. The van der Waals surface area contributed by atoms with Crippen LogP contribution in [0.25, 0.3) is 0 Å². The van der Waals surface area contributed by atoms with Gasteiger partial charge in [0.15, 0.2) is 0 Å². The predicted molar refractivity (Wildman–Crippen MR) is 133 cm³/mol. The number of urea groups is 1. The minimum Gasteiger partial charge on any atom is -0.381 e. The zero-order valence-corrected chi connectivity index (χ0v) is 20.7. The lowest BCUT2D eigenvalue weighted by Gasteiger charge is -2.30. The van der Waals surface area contributed by atoms with Crippen LogP contribution in [0.3, 0.4) is 0 Å². The lowest BCUT2D eigenvalue weighted by atomic mass is 10.00. The van der Waals surface area contributed by atoms with Gasteiger partial charge in [-0.3, -0.25) is 4.68 Å². The summed E-state index contributed by atoms with van der Waals surface area (Å²) in [6.07, 6.45) is 7.94. The number of nitriles is 1. The van der Waals surface area contributed by atoms with Crippen molar-refractivity contribution in [3.63, 3.8) is 0 Å². The quantitative estimate of drug-likeness (QED) is 0.545. The number of rotatable bonds is 5. The molecule has 0 saturated carbocycles. The summed E-state index contributed by atoms with van der Waals surface area (Å²) in [5.41, 5.74) is 3.87. The molecule has 0 aliphatic carbocycles. The van der Waals surface area contributed by atoms with Crippen molar-refractivity contribution in [2.45, 2.75) is 37.9 Å². The second-order valence-corrected chi connectivity index (χ2v) is 9.46. The molecule has 0 bridgehead atoms. The number of nitrogens with zero attached hydrogens (tertiary/aromatic N) is 6. The Bertz CT molecular complexity index is 1300. The van der Waals surface area contributed by atoms with Crippen molar-refractivity contribution < 1.29 is 9.53 Å². The first kappa shape index (κ1) is 24.0. The van der Waals surface area contributed by atoms with Gasteiger partial charge in [-0.25, -0.2) is 14.8 Å². The number of hydrogen-bond acceptors (Lipinski definition) is 7. The van der Waals surface area contributed by atoms with Gasteiger partial charge in [-0.2, -0.15) is 10.4 Å². The Labute approximate surface area is 214 Å². The van der Waals surface area contributed by atoms with E-state index in [0.29, 0.717) is 42.1 Å². The van der Waals surface area contributed by atoms with Crippen molar-refractivity contribution in [2.75, 3.05) is 25.1 Å². The van der Waals surface area contributed by atoms with Gasteiger partial charge in [-0.1, -0.05) is 17.7 Å². The van der Waals surface area contributed by atoms with Gasteiger partial charge in [0.05, 0.1) is 35.1 Å². The van der Waals surface area contributed by atoms with Crippen LogP contribution in [-0.2, 0) is 24.8 Å². The largest absolute Gasteiger partial charge is 0.381 e. The maximum atomic E-state index is 13.4. The summed E-state index contributed by atoms with van der Waals surface area (Å²) < 4.78 is 7.11. The lowest BCUT2D eigenvalue weighted by Crippen LogP contribution is -2.44. The van der Waals surface area contributed by atoms with E-state index in [1.54, 1.807) is 34.0 Å². The predicted octanol–water partition coefficient (Wildman–Crippen LogP) is 3.18. The van der Waals surface area contributed by atoms with E-state index in [-0.39, 0.29) is 6.03 Å². The number of nitrogens with one attached hydrogen (secondary N) is 2. The van der Waals surface area contributed by atoms with Gasteiger partial charge in [0.25, 0.3) is 0 Å². The molecule has 2 amide bonds. The fourth-order valence-corrected chi connectivity index (χ4v) is 4.77. The highest BCUT2D eigenvalue weighted by atomic mass is 35.5. The molecule has 2 N–H and O–H groups in total. The third-order valence-corrected chi connectivity index (χ3v) is 6.87. The highest BCUT2D eigenvalue weighted by Crippen LogP contribution is 2.27. The highest BCUT2D eigenvalue weighted by Gasteiger charge is 2.27.